The Morgan fingerprint density at radius 1 is 1.67 bits per heavy atom. The van der Waals surface area contributed by atoms with Crippen molar-refractivity contribution in [1.29, 1.82) is 0 Å². The summed E-state index contributed by atoms with van der Waals surface area (Å²) < 4.78 is 0. The molecule has 1 aliphatic heterocycles. The number of fused-ring (bicyclic) bond motifs is 1. The lowest BCUT2D eigenvalue weighted by Gasteiger charge is -2.21. The second-order valence-corrected chi connectivity index (χ2v) is 2.95. The number of aliphatic hydroxyl groups is 1. The molecule has 0 fully saturated rings. The van der Waals surface area contributed by atoms with Crippen molar-refractivity contribution in [3.05, 3.63) is 17.6 Å². The quantitative estimate of drug-likeness (QED) is 0.592. The summed E-state index contributed by atoms with van der Waals surface area (Å²) in [7, 11) is 0. The monoisotopic (exact) mass is 165 g/mol. The summed E-state index contributed by atoms with van der Waals surface area (Å²) in [6, 6.07) is 0. The molecule has 0 spiro atoms. The molecule has 0 saturated heterocycles. The van der Waals surface area contributed by atoms with Crippen molar-refractivity contribution in [3.63, 3.8) is 0 Å². The largest absolute Gasteiger partial charge is 0.388 e. The summed E-state index contributed by atoms with van der Waals surface area (Å²) in [5.74, 6) is 1.51. The van der Waals surface area contributed by atoms with Crippen LogP contribution in [-0.4, -0.2) is 21.6 Å². The van der Waals surface area contributed by atoms with Crippen LogP contribution < -0.4 is 5.32 Å². The number of rotatable bonds is 0. The minimum absolute atomic E-state index is 0.401. The van der Waals surface area contributed by atoms with Crippen LogP contribution in [-0.2, 0) is 0 Å². The Bertz CT molecular complexity index is 300. The maximum Gasteiger partial charge on any atom is 0.135 e. The molecule has 0 bridgehead atoms. The molecule has 1 aromatic rings. The van der Waals surface area contributed by atoms with Gasteiger partial charge in [-0.1, -0.05) is 0 Å². The summed E-state index contributed by atoms with van der Waals surface area (Å²) in [5, 5.41) is 12.7. The van der Waals surface area contributed by atoms with Crippen LogP contribution >= 0.6 is 0 Å². The van der Waals surface area contributed by atoms with Gasteiger partial charge in [-0.25, -0.2) is 9.97 Å². The van der Waals surface area contributed by atoms with Gasteiger partial charge in [-0.15, -0.1) is 0 Å². The van der Waals surface area contributed by atoms with Gasteiger partial charge in [0.1, 0.15) is 11.6 Å². The van der Waals surface area contributed by atoms with Gasteiger partial charge in [0, 0.05) is 18.3 Å². The molecule has 4 nitrogen and oxygen atoms in total. The highest BCUT2D eigenvalue weighted by Crippen LogP contribution is 2.26. The average molecular weight is 165 g/mol. The number of anilines is 1. The third kappa shape index (κ3) is 1.14. The highest BCUT2D eigenvalue weighted by Gasteiger charge is 2.18. The molecule has 0 saturated carbocycles. The Labute approximate surface area is 70.7 Å². The van der Waals surface area contributed by atoms with E-state index in [0.29, 0.717) is 0 Å². The van der Waals surface area contributed by atoms with Crippen LogP contribution in [0.25, 0.3) is 0 Å². The Hall–Kier alpha value is -1.16. The van der Waals surface area contributed by atoms with E-state index in [1.54, 1.807) is 6.20 Å². The van der Waals surface area contributed by atoms with E-state index in [9.17, 15) is 5.11 Å². The number of hydrogen-bond acceptors (Lipinski definition) is 4. The molecule has 1 atom stereocenters. The van der Waals surface area contributed by atoms with Crippen molar-refractivity contribution in [2.75, 3.05) is 11.9 Å². The van der Waals surface area contributed by atoms with Gasteiger partial charge >= 0.3 is 0 Å². The topological polar surface area (TPSA) is 58.0 Å². The van der Waals surface area contributed by atoms with E-state index in [0.717, 1.165) is 30.2 Å². The minimum atomic E-state index is -0.401. The Balaban J connectivity index is 2.46. The van der Waals surface area contributed by atoms with E-state index >= 15 is 0 Å². The highest BCUT2D eigenvalue weighted by molar-refractivity contribution is 5.46. The van der Waals surface area contributed by atoms with Gasteiger partial charge in [-0.05, 0) is 13.3 Å². The summed E-state index contributed by atoms with van der Waals surface area (Å²) in [5.41, 5.74) is 0.812. The van der Waals surface area contributed by atoms with Gasteiger partial charge in [0.25, 0.3) is 0 Å². The smallest absolute Gasteiger partial charge is 0.135 e. The predicted molar refractivity (Wildman–Crippen MR) is 44.8 cm³/mol. The minimum Gasteiger partial charge on any atom is -0.388 e. The van der Waals surface area contributed by atoms with Crippen LogP contribution in [0.5, 0.6) is 0 Å². The maximum atomic E-state index is 9.53. The second-order valence-electron chi connectivity index (χ2n) is 2.95. The fourth-order valence-corrected chi connectivity index (χ4v) is 1.35. The van der Waals surface area contributed by atoms with Crippen molar-refractivity contribution in [3.8, 4) is 0 Å². The van der Waals surface area contributed by atoms with Crippen LogP contribution in [0.3, 0.4) is 0 Å². The molecule has 2 heterocycles. The molecule has 1 aliphatic rings. The first-order valence-corrected chi connectivity index (χ1v) is 4.03. The van der Waals surface area contributed by atoms with E-state index in [2.05, 4.69) is 15.3 Å². The summed E-state index contributed by atoms with van der Waals surface area (Å²) in [6.07, 6.45) is 2.02. The molecule has 0 radical (unpaired) electrons. The molecule has 0 amide bonds. The van der Waals surface area contributed by atoms with Crippen LogP contribution in [0.4, 0.5) is 5.82 Å². The highest BCUT2D eigenvalue weighted by atomic mass is 16.3. The van der Waals surface area contributed by atoms with E-state index in [1.165, 1.54) is 0 Å². The second kappa shape index (κ2) is 2.71. The zero-order chi connectivity index (χ0) is 8.55. The normalized spacial score (nSPS) is 21.3. The van der Waals surface area contributed by atoms with E-state index in [-0.39, 0.29) is 0 Å². The number of aliphatic hydroxyl groups excluding tert-OH is 1. The molecule has 12 heavy (non-hydrogen) atoms. The van der Waals surface area contributed by atoms with Gasteiger partial charge in [0.05, 0.1) is 6.10 Å². The third-order valence-corrected chi connectivity index (χ3v) is 2.01. The number of hydrogen-bond donors (Lipinski definition) is 2. The lowest BCUT2D eigenvalue weighted by atomic mass is 10.1. The predicted octanol–water partition coefficient (Wildman–Crippen LogP) is 0.634. The van der Waals surface area contributed by atoms with Gasteiger partial charge in [0.2, 0.25) is 0 Å². The fourth-order valence-electron chi connectivity index (χ4n) is 1.35. The zero-order valence-corrected chi connectivity index (χ0v) is 6.91. The first kappa shape index (κ1) is 7.49. The molecule has 2 N–H and O–H groups in total. The zero-order valence-electron chi connectivity index (χ0n) is 6.91. The number of nitrogens with one attached hydrogen (secondary N) is 1. The molecule has 64 valence electrons. The van der Waals surface area contributed by atoms with E-state index in [1.807, 2.05) is 6.92 Å². The maximum absolute atomic E-state index is 9.53. The molecular formula is C8H11N3O. The van der Waals surface area contributed by atoms with Gasteiger partial charge < -0.3 is 10.4 Å². The first-order valence-electron chi connectivity index (χ1n) is 4.03. The van der Waals surface area contributed by atoms with E-state index in [4.69, 9.17) is 0 Å². The lowest BCUT2D eigenvalue weighted by molar-refractivity contribution is 0.167. The van der Waals surface area contributed by atoms with Gasteiger partial charge in [-0.2, -0.15) is 0 Å². The standard InChI is InChI=1S/C8H11N3O/c1-5-10-4-6-7(12)2-3-9-8(6)11-5/h4,7,12H,2-3H2,1H3,(H,9,10,11). The molecule has 0 aromatic carbocycles. The Morgan fingerprint density at radius 3 is 3.33 bits per heavy atom. The number of aryl methyl sites for hydroxylation is 1. The molecule has 2 rings (SSSR count). The summed E-state index contributed by atoms with van der Waals surface area (Å²) >= 11 is 0. The molecular weight excluding hydrogens is 154 g/mol. The van der Waals surface area contributed by atoms with Gasteiger partial charge in [0.15, 0.2) is 0 Å². The molecule has 1 aromatic heterocycles. The van der Waals surface area contributed by atoms with Crippen molar-refractivity contribution < 1.29 is 5.11 Å². The molecule has 4 heteroatoms. The average Bonchev–Trinajstić information content (AvgIpc) is 2.04. The van der Waals surface area contributed by atoms with E-state index < -0.39 is 6.10 Å². The van der Waals surface area contributed by atoms with Crippen LogP contribution in [0.15, 0.2) is 6.20 Å². The summed E-state index contributed by atoms with van der Waals surface area (Å²) in [6.45, 7) is 2.62. The van der Waals surface area contributed by atoms with Crippen molar-refractivity contribution >= 4 is 5.82 Å². The van der Waals surface area contributed by atoms with Gasteiger partial charge in [-0.3, -0.25) is 0 Å². The van der Waals surface area contributed by atoms with Crippen molar-refractivity contribution in [2.45, 2.75) is 19.4 Å². The SMILES string of the molecule is Cc1ncc2c(n1)NCCC2O. The summed E-state index contributed by atoms with van der Waals surface area (Å²) in [4.78, 5) is 8.21. The number of aromatic nitrogens is 2. The van der Waals surface area contributed by atoms with Crippen LogP contribution in [0.2, 0.25) is 0 Å². The van der Waals surface area contributed by atoms with Crippen LogP contribution in [0, 0.1) is 6.92 Å². The Morgan fingerprint density at radius 2 is 2.50 bits per heavy atom. The molecule has 1 unspecified atom stereocenters. The lowest BCUT2D eigenvalue weighted by Crippen LogP contribution is -2.18. The molecule has 0 aliphatic carbocycles. The van der Waals surface area contributed by atoms with Crippen LogP contribution in [0.1, 0.15) is 23.9 Å². The Kier molecular flexibility index (Phi) is 1.69. The van der Waals surface area contributed by atoms with Crippen molar-refractivity contribution in [1.82, 2.24) is 9.97 Å². The van der Waals surface area contributed by atoms with Crippen molar-refractivity contribution in [2.24, 2.45) is 0 Å². The first-order chi connectivity index (χ1) is 5.77. The third-order valence-electron chi connectivity index (χ3n) is 2.01. The number of nitrogens with zero attached hydrogens (tertiary/aromatic N) is 2. The fraction of sp³-hybridized carbons (Fsp3) is 0.500.